The number of diazo groups is 1. The molecule has 2 rings (SSSR count). The summed E-state index contributed by atoms with van der Waals surface area (Å²) in [6.45, 7) is 2.78. The third-order valence-corrected chi connectivity index (χ3v) is 4.74. The fourth-order valence-electron chi connectivity index (χ4n) is 1.63. The van der Waals surface area contributed by atoms with Gasteiger partial charge in [-0.15, -0.1) is 0 Å². The molecular weight excluding hydrogens is 304 g/mol. The number of rotatable bonds is 5. The van der Waals surface area contributed by atoms with Gasteiger partial charge in [-0.2, -0.15) is 4.37 Å². The van der Waals surface area contributed by atoms with Crippen molar-refractivity contribution in [2.45, 2.75) is 26.3 Å². The highest BCUT2D eigenvalue weighted by Crippen LogP contribution is 2.35. The molecule has 0 unspecified atom stereocenters. The first-order chi connectivity index (χ1) is 9.17. The van der Waals surface area contributed by atoms with Gasteiger partial charge >= 0.3 is 11.0 Å². The van der Waals surface area contributed by atoms with Crippen molar-refractivity contribution in [2.75, 3.05) is 6.61 Å². The Kier molecular flexibility index (Phi) is 4.57. The SMILES string of the molecule is CCOC(=O)CCCn1c(=S)sc2c([N+]#N)snc21. The summed E-state index contributed by atoms with van der Waals surface area (Å²) in [4.78, 5) is 14.4. The van der Waals surface area contributed by atoms with Gasteiger partial charge in [0.15, 0.2) is 19.3 Å². The van der Waals surface area contributed by atoms with Crippen LogP contribution in [0, 0.1) is 9.35 Å². The molecule has 0 radical (unpaired) electrons. The summed E-state index contributed by atoms with van der Waals surface area (Å²) >= 11 is 7.74. The second-order valence-electron chi connectivity index (χ2n) is 3.67. The summed E-state index contributed by atoms with van der Waals surface area (Å²) in [6, 6.07) is 0. The van der Waals surface area contributed by atoms with E-state index in [1.807, 2.05) is 4.57 Å². The molecule has 0 aliphatic carbocycles. The van der Waals surface area contributed by atoms with Gasteiger partial charge in [0.1, 0.15) is 0 Å². The van der Waals surface area contributed by atoms with E-state index in [0.29, 0.717) is 34.9 Å². The number of ether oxygens (including phenoxy) is 1. The van der Waals surface area contributed by atoms with Crippen LogP contribution in [-0.4, -0.2) is 21.5 Å². The van der Waals surface area contributed by atoms with Crippen molar-refractivity contribution in [1.82, 2.24) is 8.94 Å². The normalized spacial score (nSPS) is 10.5. The fourth-order valence-corrected chi connectivity index (χ4v) is 3.76. The highest BCUT2D eigenvalue weighted by molar-refractivity contribution is 7.73. The lowest BCUT2D eigenvalue weighted by molar-refractivity contribution is -0.143. The molecule has 0 amide bonds. The number of aromatic nitrogens is 2. The Bertz CT molecular complexity index is 694. The first-order valence-electron chi connectivity index (χ1n) is 5.67. The van der Waals surface area contributed by atoms with Gasteiger partial charge in [0.25, 0.3) is 0 Å². The van der Waals surface area contributed by atoms with Crippen molar-refractivity contribution in [3.63, 3.8) is 0 Å². The van der Waals surface area contributed by atoms with Crippen molar-refractivity contribution >= 4 is 56.4 Å². The lowest BCUT2D eigenvalue weighted by atomic mass is 10.3. The molecule has 0 bridgehead atoms. The van der Waals surface area contributed by atoms with Crippen molar-refractivity contribution in [1.29, 1.82) is 5.39 Å². The van der Waals surface area contributed by atoms with Gasteiger partial charge in [0, 0.05) is 13.0 Å². The molecule has 0 atom stereocenters. The summed E-state index contributed by atoms with van der Waals surface area (Å²) < 4.78 is 12.4. The summed E-state index contributed by atoms with van der Waals surface area (Å²) in [5, 5.41) is 9.30. The van der Waals surface area contributed by atoms with E-state index in [4.69, 9.17) is 22.3 Å². The molecule has 19 heavy (non-hydrogen) atoms. The molecule has 0 saturated heterocycles. The summed E-state index contributed by atoms with van der Waals surface area (Å²) in [5.74, 6) is -0.204. The number of nitrogens with zero attached hydrogens (tertiary/aromatic N) is 4. The minimum atomic E-state index is -0.204. The van der Waals surface area contributed by atoms with Gasteiger partial charge in [-0.25, -0.2) is 0 Å². The van der Waals surface area contributed by atoms with Crippen molar-refractivity contribution in [2.24, 2.45) is 0 Å². The largest absolute Gasteiger partial charge is 0.478 e. The Hall–Kier alpha value is -1.37. The van der Waals surface area contributed by atoms with E-state index in [0.717, 1.165) is 21.9 Å². The van der Waals surface area contributed by atoms with Crippen LogP contribution in [0.15, 0.2) is 0 Å². The van der Waals surface area contributed by atoms with Gasteiger partial charge in [0.2, 0.25) is 5.39 Å². The Morgan fingerprint density at radius 3 is 3.11 bits per heavy atom. The maximum absolute atomic E-state index is 11.3. The second-order valence-corrected chi connectivity index (χ2v) is 6.06. The van der Waals surface area contributed by atoms with Crippen LogP contribution in [0.2, 0.25) is 0 Å². The fraction of sp³-hybridized carbons (Fsp3) is 0.500. The maximum Gasteiger partial charge on any atom is 0.478 e. The molecule has 100 valence electrons. The molecule has 0 fully saturated rings. The van der Waals surface area contributed by atoms with Crippen LogP contribution in [0.5, 0.6) is 0 Å². The van der Waals surface area contributed by atoms with Crippen molar-refractivity contribution in [3.05, 3.63) is 8.93 Å². The minimum Gasteiger partial charge on any atom is -0.466 e. The molecule has 0 aromatic carbocycles. The van der Waals surface area contributed by atoms with Crippen molar-refractivity contribution < 1.29 is 9.53 Å². The van der Waals surface area contributed by atoms with Crippen LogP contribution in [0.3, 0.4) is 0 Å². The molecular formula is C10H11N4O2S3+. The number of aryl methyl sites for hydroxylation is 1. The average Bonchev–Trinajstić information content (AvgIpc) is 2.89. The summed E-state index contributed by atoms with van der Waals surface area (Å²) in [5.41, 5.74) is 0.719. The quantitative estimate of drug-likeness (QED) is 0.478. The standard InChI is InChI=1S/C10H11N4O2S3/c1-2-16-6(15)4-3-5-14-8-7(18-10(14)17)9(12-11)19-13-8/h2-5H2,1H3/q+1. The predicted octanol–water partition coefficient (Wildman–Crippen LogP) is 3.72. The number of thiazole rings is 1. The van der Waals surface area contributed by atoms with Crippen molar-refractivity contribution in [3.8, 4) is 0 Å². The molecule has 2 aromatic rings. The molecule has 2 aromatic heterocycles. The van der Waals surface area contributed by atoms with E-state index in [1.54, 1.807) is 6.92 Å². The van der Waals surface area contributed by atoms with Crippen LogP contribution >= 0.6 is 35.1 Å². The molecule has 9 heteroatoms. The number of hydrogen-bond acceptors (Lipinski definition) is 7. The lowest BCUT2D eigenvalue weighted by Gasteiger charge is -2.03. The Morgan fingerprint density at radius 2 is 2.42 bits per heavy atom. The van der Waals surface area contributed by atoms with Gasteiger partial charge in [0.05, 0.1) is 18.1 Å². The number of esters is 1. The predicted molar refractivity (Wildman–Crippen MR) is 76.9 cm³/mol. The third kappa shape index (κ3) is 2.97. The first-order valence-corrected chi connectivity index (χ1v) is 7.67. The zero-order valence-electron chi connectivity index (χ0n) is 10.2. The van der Waals surface area contributed by atoms with Gasteiger partial charge in [-0.3, -0.25) is 4.79 Å². The number of fused-ring (bicyclic) bond motifs is 1. The van der Waals surface area contributed by atoms with E-state index in [-0.39, 0.29) is 5.97 Å². The molecule has 0 aliphatic heterocycles. The monoisotopic (exact) mass is 315 g/mol. The molecule has 0 aliphatic rings. The molecule has 6 nitrogen and oxygen atoms in total. The highest BCUT2D eigenvalue weighted by Gasteiger charge is 2.22. The zero-order chi connectivity index (χ0) is 13.8. The van der Waals surface area contributed by atoms with E-state index < -0.39 is 0 Å². The van der Waals surface area contributed by atoms with Gasteiger partial charge in [-0.1, -0.05) is 11.3 Å². The van der Waals surface area contributed by atoms with Crippen LogP contribution in [0.25, 0.3) is 15.3 Å². The minimum absolute atomic E-state index is 0.204. The molecule has 2 heterocycles. The third-order valence-electron chi connectivity index (χ3n) is 2.44. The van der Waals surface area contributed by atoms with E-state index in [1.165, 1.54) is 11.3 Å². The Balaban J connectivity index is 2.11. The summed E-state index contributed by atoms with van der Waals surface area (Å²) in [6.07, 6.45) is 0.996. The zero-order valence-corrected chi connectivity index (χ0v) is 12.6. The second kappa shape index (κ2) is 6.18. The molecule has 0 spiro atoms. The topological polar surface area (TPSA) is 72.3 Å². The Labute approximate surface area is 122 Å². The first kappa shape index (κ1) is 14.0. The van der Waals surface area contributed by atoms with Crippen LogP contribution in [0.1, 0.15) is 19.8 Å². The van der Waals surface area contributed by atoms with Crippen LogP contribution < -0.4 is 0 Å². The highest BCUT2D eigenvalue weighted by atomic mass is 32.1. The maximum atomic E-state index is 11.3. The van der Waals surface area contributed by atoms with E-state index in [9.17, 15) is 4.79 Å². The van der Waals surface area contributed by atoms with Gasteiger partial charge in [-0.05, 0) is 25.6 Å². The number of carbonyl (C=O) groups is 1. The van der Waals surface area contributed by atoms with E-state index >= 15 is 0 Å². The van der Waals surface area contributed by atoms with Crippen LogP contribution in [-0.2, 0) is 16.1 Å². The average molecular weight is 315 g/mol. The van der Waals surface area contributed by atoms with E-state index in [2.05, 4.69) is 9.35 Å². The number of hydrogen-bond donors (Lipinski definition) is 0. The lowest BCUT2D eigenvalue weighted by Crippen LogP contribution is -2.06. The van der Waals surface area contributed by atoms with Gasteiger partial charge < -0.3 is 9.30 Å². The smallest absolute Gasteiger partial charge is 0.466 e. The molecule has 0 saturated carbocycles. The summed E-state index contributed by atoms with van der Waals surface area (Å²) in [7, 11) is 0. The number of carbonyl (C=O) groups excluding carboxylic acids is 1. The van der Waals surface area contributed by atoms with Crippen LogP contribution in [0.4, 0.5) is 5.00 Å². The Morgan fingerprint density at radius 1 is 1.63 bits per heavy atom. The molecule has 0 N–H and O–H groups in total.